The van der Waals surface area contributed by atoms with E-state index in [0.29, 0.717) is 23.6 Å². The number of hydrogen-bond donors (Lipinski definition) is 0. The number of carbonyl (C=O) groups is 3. The van der Waals surface area contributed by atoms with Crippen LogP contribution in [0.2, 0.25) is 0 Å². The molecule has 33 heavy (non-hydrogen) atoms. The first-order valence-corrected chi connectivity index (χ1v) is 11.0. The van der Waals surface area contributed by atoms with Gasteiger partial charge in [0.25, 0.3) is 0 Å². The molecule has 1 amide bonds. The molecule has 0 radical (unpaired) electrons. The van der Waals surface area contributed by atoms with Gasteiger partial charge in [-0.3, -0.25) is 4.79 Å². The molecule has 0 saturated carbocycles. The smallest absolute Gasteiger partial charge is 0.373 e. The van der Waals surface area contributed by atoms with E-state index in [2.05, 4.69) is 4.74 Å². The summed E-state index contributed by atoms with van der Waals surface area (Å²) in [5.41, 5.74) is 4.03. The molecular weight excluding hydrogens is 422 g/mol. The molecule has 2 aromatic rings. The van der Waals surface area contributed by atoms with Gasteiger partial charge in [-0.2, -0.15) is 0 Å². The fourth-order valence-corrected chi connectivity index (χ4v) is 4.02. The number of esters is 2. The molecule has 1 aliphatic heterocycles. The van der Waals surface area contributed by atoms with Crippen molar-refractivity contribution in [1.29, 1.82) is 0 Å². The van der Waals surface area contributed by atoms with E-state index in [-0.39, 0.29) is 30.6 Å². The van der Waals surface area contributed by atoms with E-state index in [1.165, 1.54) is 18.1 Å². The Hall–Kier alpha value is -3.35. The van der Waals surface area contributed by atoms with Crippen molar-refractivity contribution in [2.45, 2.75) is 53.5 Å². The number of aryl methyl sites for hydroxylation is 2. The number of methoxy groups -OCH3 is 1. The van der Waals surface area contributed by atoms with Crippen LogP contribution in [0.3, 0.4) is 0 Å². The number of allylic oxidation sites excluding steroid dienone is 1. The zero-order chi connectivity index (χ0) is 24.3. The number of carbonyl (C=O) groups excluding carboxylic acids is 3. The first kappa shape index (κ1) is 24.3. The Morgan fingerprint density at radius 3 is 2.52 bits per heavy atom. The van der Waals surface area contributed by atoms with Gasteiger partial charge in [0.05, 0.1) is 25.8 Å². The van der Waals surface area contributed by atoms with Crippen molar-refractivity contribution in [3.05, 3.63) is 69.8 Å². The van der Waals surface area contributed by atoms with Crippen molar-refractivity contribution in [1.82, 2.24) is 4.90 Å². The molecule has 176 valence electrons. The highest BCUT2D eigenvalue weighted by atomic mass is 16.5. The number of nitrogens with zero attached hydrogens (tertiary/aromatic N) is 1. The van der Waals surface area contributed by atoms with Crippen LogP contribution in [0.4, 0.5) is 0 Å². The van der Waals surface area contributed by atoms with Gasteiger partial charge in [0, 0.05) is 18.0 Å². The SMILES string of the molecule is COC(=O)c1ccc(CN2C(=O)CC(c3cc(C)ccc3C)C(C(=O)OCC(C)C)=C2C)o1. The molecular formula is C26H31NO6. The molecule has 1 aromatic carbocycles. The quantitative estimate of drug-likeness (QED) is 0.566. The van der Waals surface area contributed by atoms with Gasteiger partial charge in [-0.25, -0.2) is 9.59 Å². The molecule has 3 rings (SSSR count). The van der Waals surface area contributed by atoms with Crippen LogP contribution in [-0.2, 0) is 25.6 Å². The van der Waals surface area contributed by atoms with Gasteiger partial charge in [0.15, 0.2) is 0 Å². The van der Waals surface area contributed by atoms with Gasteiger partial charge >= 0.3 is 11.9 Å². The van der Waals surface area contributed by atoms with Crippen LogP contribution >= 0.6 is 0 Å². The molecule has 0 fully saturated rings. The average molecular weight is 454 g/mol. The summed E-state index contributed by atoms with van der Waals surface area (Å²) in [5.74, 6) is -0.863. The minimum atomic E-state index is -0.591. The lowest BCUT2D eigenvalue weighted by Gasteiger charge is -2.34. The standard InChI is InChI=1S/C26H31NO6/c1-15(2)14-32-26(30)24-18(5)27(13-19-9-10-22(33-19)25(29)31-6)23(28)12-21(24)20-11-16(3)7-8-17(20)4/h7-11,15,21H,12-14H2,1-6H3. The topological polar surface area (TPSA) is 86.0 Å². The number of amides is 1. The van der Waals surface area contributed by atoms with Crippen LogP contribution in [0, 0.1) is 19.8 Å². The van der Waals surface area contributed by atoms with Crippen molar-refractivity contribution < 1.29 is 28.3 Å². The molecule has 0 aliphatic carbocycles. The zero-order valence-corrected chi connectivity index (χ0v) is 20.1. The first-order valence-electron chi connectivity index (χ1n) is 11.0. The summed E-state index contributed by atoms with van der Waals surface area (Å²) in [6.45, 7) is 10.1. The van der Waals surface area contributed by atoms with Crippen LogP contribution in [-0.4, -0.2) is 36.5 Å². The minimum absolute atomic E-state index is 0.0587. The number of benzene rings is 1. The average Bonchev–Trinajstić information content (AvgIpc) is 3.24. The van der Waals surface area contributed by atoms with E-state index >= 15 is 0 Å². The summed E-state index contributed by atoms with van der Waals surface area (Å²) in [6, 6.07) is 9.18. The number of rotatable bonds is 7. The molecule has 2 heterocycles. The number of hydrogen-bond acceptors (Lipinski definition) is 6. The predicted molar refractivity (Wildman–Crippen MR) is 122 cm³/mol. The Balaban J connectivity index is 2.02. The lowest BCUT2D eigenvalue weighted by atomic mass is 9.81. The summed E-state index contributed by atoms with van der Waals surface area (Å²) in [5, 5.41) is 0. The van der Waals surface area contributed by atoms with Crippen LogP contribution in [0.5, 0.6) is 0 Å². The monoisotopic (exact) mass is 453 g/mol. The normalized spacial score (nSPS) is 16.4. The van der Waals surface area contributed by atoms with Crippen molar-refractivity contribution in [2.75, 3.05) is 13.7 Å². The van der Waals surface area contributed by atoms with E-state index < -0.39 is 17.9 Å². The third-order valence-electron chi connectivity index (χ3n) is 5.76. The Kier molecular flexibility index (Phi) is 7.41. The predicted octanol–water partition coefficient (Wildman–Crippen LogP) is 4.67. The van der Waals surface area contributed by atoms with Crippen molar-refractivity contribution in [3.63, 3.8) is 0 Å². The molecule has 1 unspecified atom stereocenters. The lowest BCUT2D eigenvalue weighted by molar-refractivity contribution is -0.141. The zero-order valence-electron chi connectivity index (χ0n) is 20.1. The molecule has 7 heteroatoms. The van der Waals surface area contributed by atoms with E-state index in [4.69, 9.17) is 9.15 Å². The van der Waals surface area contributed by atoms with Crippen LogP contribution in [0.15, 0.2) is 46.0 Å². The van der Waals surface area contributed by atoms with E-state index in [9.17, 15) is 14.4 Å². The molecule has 0 N–H and O–H groups in total. The van der Waals surface area contributed by atoms with Crippen molar-refractivity contribution in [2.24, 2.45) is 5.92 Å². The maximum atomic E-state index is 13.2. The summed E-state index contributed by atoms with van der Waals surface area (Å²) in [6.07, 6.45) is 0.137. The second-order valence-electron chi connectivity index (χ2n) is 8.85. The van der Waals surface area contributed by atoms with Gasteiger partial charge in [-0.05, 0) is 49.9 Å². The Morgan fingerprint density at radius 2 is 1.85 bits per heavy atom. The second kappa shape index (κ2) is 10.1. The van der Waals surface area contributed by atoms with Gasteiger partial charge in [-0.1, -0.05) is 37.6 Å². The largest absolute Gasteiger partial charge is 0.463 e. The van der Waals surface area contributed by atoms with E-state index in [0.717, 1.165) is 16.7 Å². The van der Waals surface area contributed by atoms with Crippen molar-refractivity contribution >= 4 is 17.8 Å². The number of furan rings is 1. The highest BCUT2D eigenvalue weighted by Gasteiger charge is 2.38. The summed E-state index contributed by atoms with van der Waals surface area (Å²) in [4.78, 5) is 39.7. The molecule has 0 saturated heterocycles. The van der Waals surface area contributed by atoms with E-state index in [1.807, 2.05) is 45.9 Å². The lowest BCUT2D eigenvalue weighted by Crippen LogP contribution is -2.38. The van der Waals surface area contributed by atoms with Gasteiger partial charge in [0.1, 0.15) is 5.76 Å². The van der Waals surface area contributed by atoms with Gasteiger partial charge < -0.3 is 18.8 Å². The maximum absolute atomic E-state index is 13.2. The molecule has 0 spiro atoms. The fourth-order valence-electron chi connectivity index (χ4n) is 4.02. The van der Waals surface area contributed by atoms with Crippen LogP contribution in [0.1, 0.15) is 66.1 Å². The summed E-state index contributed by atoms with van der Waals surface area (Å²) >= 11 is 0. The highest BCUT2D eigenvalue weighted by Crippen LogP contribution is 2.39. The number of ether oxygens (including phenoxy) is 2. The fraction of sp³-hybridized carbons (Fsp3) is 0.423. The third-order valence-corrected chi connectivity index (χ3v) is 5.76. The van der Waals surface area contributed by atoms with Crippen molar-refractivity contribution in [3.8, 4) is 0 Å². The molecule has 1 aromatic heterocycles. The molecule has 0 bridgehead atoms. The Morgan fingerprint density at radius 1 is 1.12 bits per heavy atom. The second-order valence-corrected chi connectivity index (χ2v) is 8.85. The maximum Gasteiger partial charge on any atom is 0.373 e. The first-order chi connectivity index (χ1) is 15.6. The highest BCUT2D eigenvalue weighted by molar-refractivity contribution is 5.96. The van der Waals surface area contributed by atoms with E-state index in [1.54, 1.807) is 13.0 Å². The summed E-state index contributed by atoms with van der Waals surface area (Å²) in [7, 11) is 1.27. The third kappa shape index (κ3) is 5.35. The molecule has 1 atom stereocenters. The Bertz CT molecular complexity index is 1090. The molecule has 7 nitrogen and oxygen atoms in total. The van der Waals surface area contributed by atoms with Gasteiger partial charge in [-0.15, -0.1) is 0 Å². The van der Waals surface area contributed by atoms with Crippen LogP contribution < -0.4 is 0 Å². The molecule has 1 aliphatic rings. The van der Waals surface area contributed by atoms with Crippen LogP contribution in [0.25, 0.3) is 0 Å². The Labute approximate surface area is 194 Å². The minimum Gasteiger partial charge on any atom is -0.463 e. The van der Waals surface area contributed by atoms with Gasteiger partial charge in [0.2, 0.25) is 11.7 Å². The summed E-state index contributed by atoms with van der Waals surface area (Å²) < 4.78 is 15.8.